The third-order valence-corrected chi connectivity index (χ3v) is 7.39. The number of carbonyl (C=O) groups excluding carboxylic acids is 3. The van der Waals surface area contributed by atoms with Gasteiger partial charge in [0, 0.05) is 17.1 Å². The maximum atomic E-state index is 13.8. The molecule has 3 aliphatic carbocycles. The fraction of sp³-hybridized carbons (Fsp3) is 0.320. The Labute approximate surface area is 212 Å². The lowest BCUT2D eigenvalue weighted by Gasteiger charge is -2.50. The number of likely N-dealkylation sites (N-methyl/N-ethyl adjacent to an activating group) is 1. The summed E-state index contributed by atoms with van der Waals surface area (Å²) in [5.41, 5.74) is 2.82. The van der Waals surface area contributed by atoms with Crippen LogP contribution in [0, 0.1) is 11.8 Å². The van der Waals surface area contributed by atoms with Gasteiger partial charge in [-0.05, 0) is 62.7 Å². The Kier molecular flexibility index (Phi) is 6.06. The molecule has 1 fully saturated rings. The molecule has 0 saturated heterocycles. The summed E-state index contributed by atoms with van der Waals surface area (Å²) >= 11 is 0. The van der Waals surface area contributed by atoms with Gasteiger partial charge in [0.1, 0.15) is 28.6 Å². The van der Waals surface area contributed by atoms with Crippen LogP contribution < -0.4 is 5.73 Å². The van der Waals surface area contributed by atoms with Gasteiger partial charge in [0.15, 0.2) is 11.4 Å². The zero-order valence-electron chi connectivity index (χ0n) is 19.5. The number of phenolic OH excluding ortho intramolecular Hbond substituents is 1. The Hall–Kier alpha value is -3.54. The van der Waals surface area contributed by atoms with E-state index in [1.54, 1.807) is 32.3 Å². The molecule has 36 heavy (non-hydrogen) atoms. The molecule has 4 atom stereocenters. The van der Waals surface area contributed by atoms with Crippen molar-refractivity contribution in [2.45, 2.75) is 24.5 Å². The number of primary amides is 1. The molecule has 0 radical (unpaired) electrons. The molecule has 0 unspecified atom stereocenters. The maximum absolute atomic E-state index is 13.8. The van der Waals surface area contributed by atoms with E-state index in [1.807, 2.05) is 0 Å². The number of furan rings is 1. The first-order chi connectivity index (χ1) is 16.5. The van der Waals surface area contributed by atoms with Crippen LogP contribution in [-0.2, 0) is 20.8 Å². The summed E-state index contributed by atoms with van der Waals surface area (Å²) in [6.45, 7) is 0. The maximum Gasteiger partial charge on any atom is 0.255 e. The van der Waals surface area contributed by atoms with E-state index in [2.05, 4.69) is 0 Å². The fourth-order valence-electron chi connectivity index (χ4n) is 5.91. The highest BCUT2D eigenvalue weighted by atomic mass is 32.1. The SMILES string of the molecule is CN(C)[C@@H]1C(=O)C(C(N)=O)=C(O)[C@@]2(O)C(=O)C3=C(O)c4c(O)ccc(-c5ccco5)c4C[C@H]3C[C@@H]12.S. The predicted octanol–water partition coefficient (Wildman–Crippen LogP) is 1.34. The van der Waals surface area contributed by atoms with Crippen LogP contribution in [0.2, 0.25) is 0 Å². The highest BCUT2D eigenvalue weighted by molar-refractivity contribution is 7.59. The number of hydrogen-bond acceptors (Lipinski definition) is 9. The van der Waals surface area contributed by atoms with E-state index in [1.165, 1.54) is 17.2 Å². The monoisotopic (exact) mass is 514 g/mol. The van der Waals surface area contributed by atoms with E-state index >= 15 is 0 Å². The lowest BCUT2D eigenvalue weighted by atomic mass is 9.57. The highest BCUT2D eigenvalue weighted by Crippen LogP contribution is 2.53. The van der Waals surface area contributed by atoms with Gasteiger partial charge in [-0.15, -0.1) is 0 Å². The Morgan fingerprint density at radius 1 is 1.17 bits per heavy atom. The van der Waals surface area contributed by atoms with Crippen LogP contribution in [0.15, 0.2) is 51.9 Å². The van der Waals surface area contributed by atoms with Crippen molar-refractivity contribution in [1.82, 2.24) is 4.90 Å². The summed E-state index contributed by atoms with van der Waals surface area (Å²) in [4.78, 5) is 40.4. The normalized spacial score (nSPS) is 27.4. The Morgan fingerprint density at radius 2 is 1.86 bits per heavy atom. The number of nitrogens with zero attached hydrogens (tertiary/aromatic N) is 1. The summed E-state index contributed by atoms with van der Waals surface area (Å²) in [7, 11) is 3.11. The number of Topliss-reactive ketones (excluding diaryl/α,β-unsaturated/α-hetero) is 2. The third kappa shape index (κ3) is 3.23. The number of phenols is 1. The van der Waals surface area contributed by atoms with E-state index in [-0.39, 0.29) is 43.2 Å². The molecule has 1 saturated carbocycles. The van der Waals surface area contributed by atoms with Crippen LogP contribution in [0.25, 0.3) is 17.1 Å². The van der Waals surface area contributed by atoms with E-state index in [9.17, 15) is 34.8 Å². The van der Waals surface area contributed by atoms with Crippen molar-refractivity contribution in [3.63, 3.8) is 0 Å². The quantitative estimate of drug-likeness (QED) is 0.379. The molecular formula is C25H26N2O8S. The topological polar surface area (TPSA) is 175 Å². The molecule has 6 N–H and O–H groups in total. The number of rotatable bonds is 3. The Morgan fingerprint density at radius 3 is 2.44 bits per heavy atom. The average Bonchev–Trinajstić information content (AvgIpc) is 3.30. The minimum atomic E-state index is -2.65. The van der Waals surface area contributed by atoms with Gasteiger partial charge in [-0.1, -0.05) is 0 Å². The molecule has 3 aliphatic rings. The first kappa shape index (κ1) is 25.5. The van der Waals surface area contributed by atoms with Crippen molar-refractivity contribution in [3.05, 3.63) is 58.6 Å². The highest BCUT2D eigenvalue weighted by Gasteiger charge is 2.64. The van der Waals surface area contributed by atoms with Crippen LogP contribution >= 0.6 is 13.5 Å². The van der Waals surface area contributed by atoms with Crippen molar-refractivity contribution in [2.75, 3.05) is 14.1 Å². The predicted molar refractivity (Wildman–Crippen MR) is 132 cm³/mol. The number of aromatic hydroxyl groups is 1. The summed E-state index contributed by atoms with van der Waals surface area (Å²) in [6, 6.07) is 5.31. The van der Waals surface area contributed by atoms with Crippen LogP contribution in [0.1, 0.15) is 17.5 Å². The number of nitrogens with two attached hydrogens (primary N) is 1. The molecule has 1 aromatic carbocycles. The molecule has 0 spiro atoms. The van der Waals surface area contributed by atoms with Gasteiger partial charge < -0.3 is 30.6 Å². The number of hydrogen-bond donors (Lipinski definition) is 5. The van der Waals surface area contributed by atoms with Gasteiger partial charge in [-0.3, -0.25) is 19.3 Å². The second kappa shape index (κ2) is 8.54. The van der Waals surface area contributed by atoms with Crippen LogP contribution in [0.4, 0.5) is 0 Å². The standard InChI is InChI=1S/C25H24N2O8.H2S/c1-27(2)19-13-9-10-8-12-11(15-4-3-7-35-15)5-6-14(28)17(12)20(29)16(10)22(31)25(13,34)23(32)18(21(19)30)24(26)33;/h3-7,10,13,19,28-29,32,34H,8-9H2,1-2H3,(H2,26,33);1H2/t10-,13-,19-,25-;/m0./s1. The zero-order chi connectivity index (χ0) is 25.4. The van der Waals surface area contributed by atoms with Gasteiger partial charge in [0.2, 0.25) is 5.78 Å². The van der Waals surface area contributed by atoms with E-state index in [0.717, 1.165) is 0 Å². The number of aliphatic hydroxyl groups excluding tert-OH is 2. The molecule has 1 amide bonds. The van der Waals surface area contributed by atoms with Crippen molar-refractivity contribution >= 4 is 36.7 Å². The number of benzene rings is 1. The van der Waals surface area contributed by atoms with Crippen molar-refractivity contribution in [1.29, 1.82) is 0 Å². The first-order valence-corrected chi connectivity index (χ1v) is 11.0. The van der Waals surface area contributed by atoms with Crippen LogP contribution in [0.3, 0.4) is 0 Å². The van der Waals surface area contributed by atoms with Gasteiger partial charge >= 0.3 is 0 Å². The molecule has 0 bridgehead atoms. The van der Waals surface area contributed by atoms with Crippen molar-refractivity contribution < 1.29 is 39.2 Å². The lowest BCUT2D eigenvalue weighted by molar-refractivity contribution is -0.153. The van der Waals surface area contributed by atoms with Gasteiger partial charge in [0.05, 0.1) is 17.9 Å². The summed E-state index contributed by atoms with van der Waals surface area (Å²) in [6.07, 6.45) is 1.71. The average molecular weight is 515 g/mol. The molecule has 0 aliphatic heterocycles. The summed E-state index contributed by atoms with van der Waals surface area (Å²) in [5, 5.41) is 44.2. The fourth-order valence-corrected chi connectivity index (χ4v) is 5.91. The molecular weight excluding hydrogens is 488 g/mol. The number of carbonyl (C=O) groups is 3. The van der Waals surface area contributed by atoms with E-state index < -0.39 is 58.0 Å². The van der Waals surface area contributed by atoms with E-state index in [0.29, 0.717) is 16.9 Å². The van der Waals surface area contributed by atoms with Gasteiger partial charge in [-0.25, -0.2) is 0 Å². The van der Waals surface area contributed by atoms with E-state index in [4.69, 9.17) is 10.2 Å². The molecule has 1 aromatic heterocycles. The minimum absolute atomic E-state index is 0. The molecule has 10 nitrogen and oxygen atoms in total. The molecule has 1 heterocycles. The Bertz CT molecular complexity index is 1360. The summed E-state index contributed by atoms with van der Waals surface area (Å²) < 4.78 is 5.51. The number of ketones is 2. The first-order valence-electron chi connectivity index (χ1n) is 11.0. The van der Waals surface area contributed by atoms with Gasteiger partial charge in [-0.2, -0.15) is 13.5 Å². The molecule has 190 valence electrons. The number of amides is 1. The molecule has 2 aromatic rings. The van der Waals surface area contributed by atoms with Gasteiger partial charge in [0.25, 0.3) is 5.91 Å². The summed E-state index contributed by atoms with van der Waals surface area (Å²) in [5.74, 6) is -6.28. The second-order valence-corrected chi connectivity index (χ2v) is 9.42. The zero-order valence-corrected chi connectivity index (χ0v) is 20.5. The molecule has 11 heteroatoms. The van der Waals surface area contributed by atoms with Crippen molar-refractivity contribution in [2.24, 2.45) is 17.6 Å². The third-order valence-electron chi connectivity index (χ3n) is 7.39. The number of aliphatic hydroxyl groups is 3. The second-order valence-electron chi connectivity index (χ2n) is 9.42. The van der Waals surface area contributed by atoms with Crippen molar-refractivity contribution in [3.8, 4) is 17.1 Å². The van der Waals surface area contributed by atoms with Crippen LogP contribution in [0.5, 0.6) is 5.75 Å². The molecule has 5 rings (SSSR count). The minimum Gasteiger partial charge on any atom is -0.508 e. The number of fused-ring (bicyclic) bond motifs is 3. The smallest absolute Gasteiger partial charge is 0.255 e. The lowest BCUT2D eigenvalue weighted by Crippen LogP contribution is -2.65. The largest absolute Gasteiger partial charge is 0.508 e. The van der Waals surface area contributed by atoms with Crippen LogP contribution in [-0.4, -0.2) is 68.5 Å². The Balaban J connectivity index is 0.00000304.